The molecule has 0 amide bonds. The fourth-order valence-corrected chi connectivity index (χ4v) is 4.02. The van der Waals surface area contributed by atoms with E-state index in [9.17, 15) is 0 Å². The van der Waals surface area contributed by atoms with Crippen molar-refractivity contribution in [1.82, 2.24) is 20.3 Å². The first-order chi connectivity index (χ1) is 12.8. The number of rotatable bonds is 10. The summed E-state index contributed by atoms with van der Waals surface area (Å²) < 4.78 is 5.36. The molecular formula is C20H31N5O. The highest BCUT2D eigenvalue weighted by atomic mass is 16.5. The third kappa shape index (κ3) is 4.69. The highest BCUT2D eigenvalue weighted by molar-refractivity contribution is 5.25. The Kier molecular flexibility index (Phi) is 7.17. The van der Waals surface area contributed by atoms with Crippen molar-refractivity contribution in [3.05, 3.63) is 47.8 Å². The van der Waals surface area contributed by atoms with Gasteiger partial charge in [-0.25, -0.2) is 4.98 Å². The second kappa shape index (κ2) is 9.80. The van der Waals surface area contributed by atoms with Crippen LogP contribution in [0, 0.1) is 0 Å². The molecule has 1 aliphatic rings. The number of ether oxygens (including phenoxy) is 1. The predicted molar refractivity (Wildman–Crippen MR) is 103 cm³/mol. The Labute approximate surface area is 156 Å². The lowest BCUT2D eigenvalue weighted by Gasteiger charge is -2.33. The van der Waals surface area contributed by atoms with Crippen molar-refractivity contribution in [2.24, 2.45) is 5.73 Å². The monoisotopic (exact) mass is 357 g/mol. The molecule has 6 nitrogen and oxygen atoms in total. The number of methoxy groups -OCH3 is 1. The molecular weight excluding hydrogens is 326 g/mol. The summed E-state index contributed by atoms with van der Waals surface area (Å²) in [4.78, 5) is 12.5. The summed E-state index contributed by atoms with van der Waals surface area (Å²) in [6, 6.07) is 4.83. The number of nitrogens with two attached hydrogens (primary N) is 1. The maximum absolute atomic E-state index is 5.82. The van der Waals surface area contributed by atoms with Gasteiger partial charge in [0.25, 0.3) is 0 Å². The lowest BCUT2D eigenvalue weighted by Crippen LogP contribution is -2.40. The van der Waals surface area contributed by atoms with E-state index in [0.29, 0.717) is 19.2 Å². The number of aromatic amines is 1. The lowest BCUT2D eigenvalue weighted by atomic mass is 9.87. The summed E-state index contributed by atoms with van der Waals surface area (Å²) >= 11 is 0. The van der Waals surface area contributed by atoms with Gasteiger partial charge in [-0.1, -0.05) is 6.07 Å². The van der Waals surface area contributed by atoms with Gasteiger partial charge in [0.15, 0.2) is 0 Å². The molecule has 2 aromatic heterocycles. The summed E-state index contributed by atoms with van der Waals surface area (Å²) in [7, 11) is 1.75. The largest absolute Gasteiger partial charge is 0.385 e. The maximum Gasteiger partial charge on any atom is 0.110 e. The predicted octanol–water partition coefficient (Wildman–Crippen LogP) is 2.70. The van der Waals surface area contributed by atoms with Gasteiger partial charge in [0, 0.05) is 50.3 Å². The number of aryl methyl sites for hydroxylation is 1. The number of nitrogens with zero attached hydrogens (tertiary/aromatic N) is 2. The van der Waals surface area contributed by atoms with Crippen LogP contribution in [-0.4, -0.2) is 41.3 Å². The Balaban J connectivity index is 1.80. The second-order valence-corrected chi connectivity index (χ2v) is 7.06. The summed E-state index contributed by atoms with van der Waals surface area (Å²) in [6.45, 7) is 1.42. The molecule has 0 radical (unpaired) electrons. The summed E-state index contributed by atoms with van der Waals surface area (Å²) in [5.41, 5.74) is 8.40. The quantitative estimate of drug-likeness (QED) is 0.608. The molecule has 1 aliphatic carbocycles. The van der Waals surface area contributed by atoms with Gasteiger partial charge >= 0.3 is 0 Å². The first-order valence-electron chi connectivity index (χ1n) is 9.71. The van der Waals surface area contributed by atoms with Crippen molar-refractivity contribution in [2.75, 3.05) is 20.3 Å². The number of hydrogen-bond acceptors (Lipinski definition) is 5. The van der Waals surface area contributed by atoms with Gasteiger partial charge < -0.3 is 20.8 Å². The van der Waals surface area contributed by atoms with E-state index >= 15 is 0 Å². The normalized spacial score (nSPS) is 19.1. The number of fused-ring (bicyclic) bond motifs is 1. The molecule has 3 rings (SSSR count). The molecule has 0 aliphatic heterocycles. The van der Waals surface area contributed by atoms with Crippen LogP contribution in [0.15, 0.2) is 30.7 Å². The van der Waals surface area contributed by atoms with Crippen LogP contribution in [0.25, 0.3) is 0 Å². The summed E-state index contributed by atoms with van der Waals surface area (Å²) in [5, 5.41) is 3.91. The van der Waals surface area contributed by atoms with E-state index in [4.69, 9.17) is 10.5 Å². The van der Waals surface area contributed by atoms with Gasteiger partial charge in [0.1, 0.15) is 5.82 Å². The second-order valence-electron chi connectivity index (χ2n) is 7.06. The van der Waals surface area contributed by atoms with E-state index in [-0.39, 0.29) is 12.0 Å². The fraction of sp³-hybridized carbons (Fsp3) is 0.600. The van der Waals surface area contributed by atoms with E-state index in [1.807, 2.05) is 24.7 Å². The van der Waals surface area contributed by atoms with Gasteiger partial charge in [-0.15, -0.1) is 0 Å². The zero-order valence-corrected chi connectivity index (χ0v) is 15.7. The molecule has 2 aromatic rings. The number of H-pyrrole nitrogens is 1. The molecule has 26 heavy (non-hydrogen) atoms. The van der Waals surface area contributed by atoms with Gasteiger partial charge in [-0.05, 0) is 56.7 Å². The molecule has 142 valence electrons. The molecule has 3 atom stereocenters. The molecule has 2 heterocycles. The Morgan fingerprint density at radius 3 is 3.04 bits per heavy atom. The zero-order chi connectivity index (χ0) is 18.2. The third-order valence-corrected chi connectivity index (χ3v) is 5.32. The van der Waals surface area contributed by atoms with Crippen LogP contribution < -0.4 is 11.1 Å². The number of pyridine rings is 1. The third-order valence-electron chi connectivity index (χ3n) is 5.32. The standard InChI is InChI=1S/C20H31N5O/c1-26-14-9-16(20-23-12-13-24-20)17(8-3-10-21)25-18-7-2-5-15-6-4-11-22-19(15)18/h4,6,11-13,16-18,25H,2-3,5,7-10,14,21H2,1H3,(H,23,24). The van der Waals surface area contributed by atoms with Crippen molar-refractivity contribution in [2.45, 2.75) is 56.5 Å². The number of nitrogens with one attached hydrogen (secondary N) is 2. The Morgan fingerprint density at radius 1 is 1.35 bits per heavy atom. The molecule has 0 saturated carbocycles. The van der Waals surface area contributed by atoms with Gasteiger partial charge in [0.2, 0.25) is 0 Å². The highest BCUT2D eigenvalue weighted by Gasteiger charge is 2.29. The first kappa shape index (κ1) is 19.0. The zero-order valence-electron chi connectivity index (χ0n) is 15.7. The summed E-state index contributed by atoms with van der Waals surface area (Å²) in [6.07, 6.45) is 12.0. The Hall–Kier alpha value is -1.76. The Morgan fingerprint density at radius 2 is 2.27 bits per heavy atom. The van der Waals surface area contributed by atoms with E-state index < -0.39 is 0 Å². The molecule has 0 bridgehead atoms. The van der Waals surface area contributed by atoms with Crippen molar-refractivity contribution in [3.8, 4) is 0 Å². The van der Waals surface area contributed by atoms with Crippen molar-refractivity contribution >= 4 is 0 Å². The summed E-state index contributed by atoms with van der Waals surface area (Å²) in [5.74, 6) is 1.29. The van der Waals surface area contributed by atoms with Crippen molar-refractivity contribution in [1.29, 1.82) is 0 Å². The molecule has 4 N–H and O–H groups in total. The highest BCUT2D eigenvalue weighted by Crippen LogP contribution is 2.31. The van der Waals surface area contributed by atoms with Crippen LogP contribution >= 0.6 is 0 Å². The molecule has 3 unspecified atom stereocenters. The molecule has 0 saturated heterocycles. The molecule has 0 spiro atoms. The van der Waals surface area contributed by atoms with Crippen LogP contribution in [0.3, 0.4) is 0 Å². The topological polar surface area (TPSA) is 88.8 Å². The van der Waals surface area contributed by atoms with E-state index in [1.54, 1.807) is 7.11 Å². The van der Waals surface area contributed by atoms with Crippen LogP contribution in [0.1, 0.15) is 61.1 Å². The molecule has 0 aromatic carbocycles. The average molecular weight is 358 g/mol. The lowest BCUT2D eigenvalue weighted by molar-refractivity contribution is 0.175. The maximum atomic E-state index is 5.82. The Bertz CT molecular complexity index is 645. The van der Waals surface area contributed by atoms with Gasteiger partial charge in [-0.2, -0.15) is 0 Å². The van der Waals surface area contributed by atoms with Gasteiger partial charge in [0.05, 0.1) is 5.69 Å². The smallest absolute Gasteiger partial charge is 0.110 e. The van der Waals surface area contributed by atoms with Crippen molar-refractivity contribution in [3.63, 3.8) is 0 Å². The first-order valence-corrected chi connectivity index (χ1v) is 9.71. The average Bonchev–Trinajstić information content (AvgIpc) is 3.21. The number of aromatic nitrogens is 3. The van der Waals surface area contributed by atoms with E-state index in [1.165, 1.54) is 17.7 Å². The minimum Gasteiger partial charge on any atom is -0.385 e. The minimum absolute atomic E-state index is 0.269. The molecule has 6 heteroatoms. The van der Waals surface area contributed by atoms with Gasteiger partial charge in [-0.3, -0.25) is 4.98 Å². The van der Waals surface area contributed by atoms with Crippen LogP contribution in [0.4, 0.5) is 0 Å². The van der Waals surface area contributed by atoms with E-state index in [0.717, 1.165) is 37.9 Å². The fourth-order valence-electron chi connectivity index (χ4n) is 4.02. The SMILES string of the molecule is COCCC(c1ncc[nH]1)C(CCCN)NC1CCCc2cccnc21. The minimum atomic E-state index is 0.269. The van der Waals surface area contributed by atoms with Crippen LogP contribution in [0.5, 0.6) is 0 Å². The van der Waals surface area contributed by atoms with Crippen LogP contribution in [-0.2, 0) is 11.2 Å². The molecule has 0 fully saturated rings. The van der Waals surface area contributed by atoms with Crippen molar-refractivity contribution < 1.29 is 4.74 Å². The number of hydrogen-bond donors (Lipinski definition) is 3. The van der Waals surface area contributed by atoms with E-state index in [2.05, 4.69) is 26.3 Å². The number of imidazole rings is 1. The van der Waals surface area contributed by atoms with Crippen LogP contribution in [0.2, 0.25) is 0 Å².